The van der Waals surface area contributed by atoms with Crippen molar-refractivity contribution in [3.05, 3.63) is 47.4 Å². The monoisotopic (exact) mass is 306 g/mol. The molecule has 22 heavy (non-hydrogen) atoms. The molecule has 0 bridgehead atoms. The third-order valence-electron chi connectivity index (χ3n) is 3.24. The van der Waals surface area contributed by atoms with E-state index in [1.807, 2.05) is 0 Å². The van der Waals surface area contributed by atoms with Crippen LogP contribution < -0.4 is 0 Å². The lowest BCUT2D eigenvalue weighted by molar-refractivity contribution is -0.135. The molecule has 0 saturated carbocycles. The zero-order valence-electron chi connectivity index (χ0n) is 13.1. The van der Waals surface area contributed by atoms with Gasteiger partial charge in [-0.3, -0.25) is 9.69 Å². The molecular formula is C15H19FN4O2. The zero-order valence-corrected chi connectivity index (χ0v) is 13.1. The largest absolute Gasteiger partial charge is 0.340 e. The van der Waals surface area contributed by atoms with Crippen molar-refractivity contribution in [1.29, 1.82) is 0 Å². The predicted molar refractivity (Wildman–Crippen MR) is 78.3 cm³/mol. The summed E-state index contributed by atoms with van der Waals surface area (Å²) in [7, 11) is 5.21. The topological polar surface area (TPSA) is 62.5 Å². The van der Waals surface area contributed by atoms with Gasteiger partial charge in [0, 0.05) is 14.0 Å². The van der Waals surface area contributed by atoms with E-state index in [4.69, 9.17) is 4.52 Å². The molecular weight excluding hydrogens is 287 g/mol. The molecule has 118 valence electrons. The summed E-state index contributed by atoms with van der Waals surface area (Å²) in [5.41, 5.74) is 0.603. The lowest BCUT2D eigenvalue weighted by atomic mass is 10.0. The van der Waals surface area contributed by atoms with E-state index in [1.54, 1.807) is 45.1 Å². The first kappa shape index (κ1) is 16.1. The highest BCUT2D eigenvalue weighted by atomic mass is 19.1. The molecule has 0 aliphatic carbocycles. The lowest BCUT2D eigenvalue weighted by Gasteiger charge is -2.28. The number of hydrogen-bond acceptors (Lipinski definition) is 5. The van der Waals surface area contributed by atoms with E-state index in [0.29, 0.717) is 17.3 Å². The van der Waals surface area contributed by atoms with E-state index in [0.717, 1.165) is 0 Å². The summed E-state index contributed by atoms with van der Waals surface area (Å²) >= 11 is 0. The first-order valence-electron chi connectivity index (χ1n) is 6.84. The number of carbonyl (C=O) groups is 1. The van der Waals surface area contributed by atoms with Gasteiger partial charge in [-0.25, -0.2) is 4.39 Å². The second-order valence-electron chi connectivity index (χ2n) is 5.35. The third kappa shape index (κ3) is 3.67. The minimum absolute atomic E-state index is 0.168. The fourth-order valence-electron chi connectivity index (χ4n) is 2.24. The summed E-state index contributed by atoms with van der Waals surface area (Å²) < 4.78 is 18.3. The molecule has 1 amide bonds. The van der Waals surface area contributed by atoms with Gasteiger partial charge >= 0.3 is 0 Å². The Morgan fingerprint density at radius 1 is 1.36 bits per heavy atom. The summed E-state index contributed by atoms with van der Waals surface area (Å²) in [5.74, 6) is 0.349. The van der Waals surface area contributed by atoms with Crippen molar-refractivity contribution in [3.63, 3.8) is 0 Å². The Hall–Kier alpha value is -2.28. The van der Waals surface area contributed by atoms with Crippen molar-refractivity contribution in [2.75, 3.05) is 21.1 Å². The first-order valence-corrected chi connectivity index (χ1v) is 6.84. The quantitative estimate of drug-likeness (QED) is 0.842. The highest BCUT2D eigenvalue weighted by Crippen LogP contribution is 2.21. The van der Waals surface area contributed by atoms with Crippen molar-refractivity contribution in [2.24, 2.45) is 0 Å². The number of aryl methyl sites for hydroxylation is 1. The fourth-order valence-corrected chi connectivity index (χ4v) is 2.24. The Morgan fingerprint density at radius 3 is 2.64 bits per heavy atom. The summed E-state index contributed by atoms with van der Waals surface area (Å²) in [6.07, 6.45) is 0. The SMILES string of the molecule is Cc1nc(CN(C)C(=O)[C@@H](c2cccc(F)c2)N(C)C)no1. The molecule has 0 radical (unpaired) electrons. The van der Waals surface area contributed by atoms with Crippen LogP contribution in [0.1, 0.15) is 23.3 Å². The van der Waals surface area contributed by atoms with Crippen LogP contribution >= 0.6 is 0 Å². The van der Waals surface area contributed by atoms with Gasteiger partial charge in [-0.1, -0.05) is 17.3 Å². The maximum Gasteiger partial charge on any atom is 0.244 e. The molecule has 0 saturated heterocycles. The summed E-state index contributed by atoms with van der Waals surface area (Å²) in [6, 6.07) is 5.48. The van der Waals surface area contributed by atoms with E-state index in [9.17, 15) is 9.18 Å². The number of aromatic nitrogens is 2. The van der Waals surface area contributed by atoms with Gasteiger partial charge in [0.05, 0.1) is 6.54 Å². The number of nitrogens with zero attached hydrogens (tertiary/aromatic N) is 4. The van der Waals surface area contributed by atoms with Crippen LogP contribution in [0.5, 0.6) is 0 Å². The van der Waals surface area contributed by atoms with Gasteiger partial charge in [-0.15, -0.1) is 0 Å². The minimum atomic E-state index is -0.575. The highest BCUT2D eigenvalue weighted by Gasteiger charge is 2.27. The number of carbonyl (C=O) groups excluding carboxylic acids is 1. The first-order chi connectivity index (χ1) is 10.4. The van der Waals surface area contributed by atoms with Gasteiger partial charge in [-0.2, -0.15) is 4.98 Å². The Kier molecular flexibility index (Phi) is 4.87. The van der Waals surface area contributed by atoms with Crippen LogP contribution in [0.15, 0.2) is 28.8 Å². The smallest absolute Gasteiger partial charge is 0.244 e. The van der Waals surface area contributed by atoms with E-state index >= 15 is 0 Å². The molecule has 0 unspecified atom stereocenters. The van der Waals surface area contributed by atoms with Crippen molar-refractivity contribution in [2.45, 2.75) is 19.5 Å². The molecule has 1 aromatic carbocycles. The number of hydrogen-bond donors (Lipinski definition) is 0. The van der Waals surface area contributed by atoms with Crippen LogP contribution in [0.4, 0.5) is 4.39 Å². The van der Waals surface area contributed by atoms with E-state index in [1.165, 1.54) is 17.0 Å². The molecule has 0 fully saturated rings. The molecule has 1 aromatic heterocycles. The van der Waals surface area contributed by atoms with Crippen LogP contribution in [0.2, 0.25) is 0 Å². The number of halogens is 1. The van der Waals surface area contributed by atoms with Crippen molar-refractivity contribution < 1.29 is 13.7 Å². The second kappa shape index (κ2) is 6.65. The van der Waals surface area contributed by atoms with Crippen LogP contribution in [-0.4, -0.2) is 47.0 Å². The van der Waals surface area contributed by atoms with Crippen LogP contribution in [-0.2, 0) is 11.3 Å². The van der Waals surface area contributed by atoms with Gasteiger partial charge < -0.3 is 9.42 Å². The number of likely N-dealkylation sites (N-methyl/N-ethyl adjacent to an activating group) is 2. The molecule has 2 aromatic rings. The molecule has 2 rings (SSSR count). The van der Waals surface area contributed by atoms with Crippen molar-refractivity contribution >= 4 is 5.91 Å². The van der Waals surface area contributed by atoms with E-state index < -0.39 is 6.04 Å². The maximum absolute atomic E-state index is 13.4. The predicted octanol–water partition coefficient (Wildman–Crippen LogP) is 1.78. The van der Waals surface area contributed by atoms with Crippen LogP contribution in [0, 0.1) is 12.7 Å². The van der Waals surface area contributed by atoms with E-state index in [2.05, 4.69) is 10.1 Å². The molecule has 0 N–H and O–H groups in total. The Balaban J connectivity index is 2.19. The molecule has 1 heterocycles. The molecule has 1 atom stereocenters. The average molecular weight is 306 g/mol. The van der Waals surface area contributed by atoms with Crippen LogP contribution in [0.3, 0.4) is 0 Å². The Morgan fingerprint density at radius 2 is 2.09 bits per heavy atom. The van der Waals surface area contributed by atoms with Gasteiger partial charge in [0.15, 0.2) is 5.82 Å². The molecule has 6 nitrogen and oxygen atoms in total. The summed E-state index contributed by atoms with van der Waals surface area (Å²) in [5, 5.41) is 3.78. The number of rotatable bonds is 5. The normalized spacial score (nSPS) is 12.5. The summed E-state index contributed by atoms with van der Waals surface area (Å²) in [6.45, 7) is 1.92. The number of amides is 1. The average Bonchev–Trinajstić information content (AvgIpc) is 2.83. The second-order valence-corrected chi connectivity index (χ2v) is 5.35. The van der Waals surface area contributed by atoms with Crippen molar-refractivity contribution in [3.8, 4) is 0 Å². The summed E-state index contributed by atoms with van der Waals surface area (Å²) in [4.78, 5) is 20.0. The molecule has 7 heteroatoms. The molecule has 0 spiro atoms. The highest BCUT2D eigenvalue weighted by molar-refractivity contribution is 5.83. The minimum Gasteiger partial charge on any atom is -0.340 e. The van der Waals surface area contributed by atoms with E-state index in [-0.39, 0.29) is 18.3 Å². The fraction of sp³-hybridized carbons (Fsp3) is 0.400. The van der Waals surface area contributed by atoms with Gasteiger partial charge in [-0.05, 0) is 31.8 Å². The Bertz CT molecular complexity index is 656. The van der Waals surface area contributed by atoms with Gasteiger partial charge in [0.2, 0.25) is 11.8 Å². The Labute approximate surface area is 128 Å². The molecule has 0 aliphatic rings. The van der Waals surface area contributed by atoms with Crippen molar-refractivity contribution in [1.82, 2.24) is 19.9 Å². The lowest BCUT2D eigenvalue weighted by Crippen LogP contribution is -2.38. The van der Waals surface area contributed by atoms with Gasteiger partial charge in [0.25, 0.3) is 0 Å². The van der Waals surface area contributed by atoms with Gasteiger partial charge in [0.1, 0.15) is 11.9 Å². The van der Waals surface area contributed by atoms with Crippen LogP contribution in [0.25, 0.3) is 0 Å². The zero-order chi connectivity index (χ0) is 16.3. The number of benzene rings is 1. The standard InChI is InChI=1S/C15H19FN4O2/c1-10-17-13(18-22-10)9-20(4)15(21)14(19(2)3)11-6-5-7-12(16)8-11/h5-8,14H,9H2,1-4H3/t14-/m1/s1. The third-order valence-corrected chi connectivity index (χ3v) is 3.24. The maximum atomic E-state index is 13.4. The molecule has 0 aliphatic heterocycles.